The molecule has 1 aliphatic rings. The van der Waals surface area contributed by atoms with Crippen molar-refractivity contribution in [2.45, 2.75) is 52.1 Å². The van der Waals surface area contributed by atoms with Crippen molar-refractivity contribution in [3.63, 3.8) is 0 Å². The van der Waals surface area contributed by atoms with Crippen LogP contribution in [0.15, 0.2) is 24.3 Å². The summed E-state index contributed by atoms with van der Waals surface area (Å²) in [7, 11) is 1.26. The van der Waals surface area contributed by atoms with E-state index in [1.165, 1.54) is 24.5 Å². The first-order valence-electron chi connectivity index (χ1n) is 10.1. The molecule has 1 amide bonds. The maximum Gasteiger partial charge on any atom is 0.341 e. The van der Waals surface area contributed by atoms with Crippen molar-refractivity contribution in [1.29, 1.82) is 0 Å². The average Bonchev–Trinajstić information content (AvgIpc) is 3.04. The maximum absolute atomic E-state index is 13.1. The van der Waals surface area contributed by atoms with Crippen molar-refractivity contribution in [2.75, 3.05) is 19.0 Å². The lowest BCUT2D eigenvalue weighted by molar-refractivity contribution is 0.0524. The molecule has 31 heavy (non-hydrogen) atoms. The van der Waals surface area contributed by atoms with Crippen molar-refractivity contribution in [3.8, 4) is 0 Å². The Morgan fingerprint density at radius 2 is 1.74 bits per heavy atom. The Labute approximate surface area is 186 Å². The predicted molar refractivity (Wildman–Crippen MR) is 120 cm³/mol. The van der Waals surface area contributed by atoms with Crippen LogP contribution >= 0.6 is 11.3 Å². The molecule has 2 heterocycles. The van der Waals surface area contributed by atoms with E-state index < -0.39 is 23.4 Å². The number of carbonyl (C=O) groups excluding carboxylic acids is 3. The number of rotatable bonds is 5. The van der Waals surface area contributed by atoms with Crippen LogP contribution in [0.3, 0.4) is 0 Å². The van der Waals surface area contributed by atoms with E-state index in [0.717, 1.165) is 10.4 Å². The standard InChI is InChI=1S/C23H28N2O5S/c1-7-30-21(28)16-15-12-22(2,3)25-23(4,5)17(15)31-19(16)24-18(26)13-10-8-9-11-14(13)20(27)29-6/h8-11,25H,7,12H2,1-6H3,(H,24,26). The molecule has 2 aromatic rings. The number of amides is 1. The van der Waals surface area contributed by atoms with Gasteiger partial charge in [-0.25, -0.2) is 9.59 Å². The molecule has 2 N–H and O–H groups in total. The first-order valence-corrected chi connectivity index (χ1v) is 10.9. The first kappa shape index (κ1) is 23.0. The van der Waals surface area contributed by atoms with Crippen molar-refractivity contribution in [2.24, 2.45) is 0 Å². The number of ether oxygens (including phenoxy) is 2. The molecular weight excluding hydrogens is 416 g/mol. The van der Waals surface area contributed by atoms with E-state index in [1.807, 2.05) is 0 Å². The molecule has 0 aliphatic carbocycles. The normalized spacial score (nSPS) is 16.2. The van der Waals surface area contributed by atoms with E-state index in [2.05, 4.69) is 38.3 Å². The number of thiophene rings is 1. The van der Waals surface area contributed by atoms with Gasteiger partial charge in [-0.15, -0.1) is 11.3 Å². The van der Waals surface area contributed by atoms with Gasteiger partial charge in [0.25, 0.3) is 5.91 Å². The molecular formula is C23H28N2O5S. The highest BCUT2D eigenvalue weighted by Gasteiger charge is 2.42. The quantitative estimate of drug-likeness (QED) is 0.674. The molecule has 166 valence electrons. The van der Waals surface area contributed by atoms with Gasteiger partial charge in [0.1, 0.15) is 5.00 Å². The fraction of sp³-hybridized carbons (Fsp3) is 0.435. The number of carbonyl (C=O) groups is 3. The molecule has 0 unspecified atom stereocenters. The monoisotopic (exact) mass is 444 g/mol. The molecule has 8 heteroatoms. The number of benzene rings is 1. The number of hydrogen-bond acceptors (Lipinski definition) is 7. The van der Waals surface area contributed by atoms with Crippen molar-refractivity contribution >= 4 is 34.2 Å². The first-order chi connectivity index (χ1) is 14.5. The van der Waals surface area contributed by atoms with Crippen molar-refractivity contribution in [3.05, 3.63) is 51.4 Å². The average molecular weight is 445 g/mol. The van der Waals surface area contributed by atoms with Gasteiger partial charge < -0.3 is 20.1 Å². The minimum Gasteiger partial charge on any atom is -0.465 e. The van der Waals surface area contributed by atoms with Crippen LogP contribution in [0.25, 0.3) is 0 Å². The number of hydrogen-bond donors (Lipinski definition) is 2. The number of esters is 2. The lowest BCUT2D eigenvalue weighted by Gasteiger charge is -2.42. The van der Waals surface area contributed by atoms with E-state index >= 15 is 0 Å². The Hall–Kier alpha value is -2.71. The van der Waals surface area contributed by atoms with Gasteiger partial charge in [0, 0.05) is 16.0 Å². The summed E-state index contributed by atoms with van der Waals surface area (Å²) in [4.78, 5) is 39.1. The summed E-state index contributed by atoms with van der Waals surface area (Å²) >= 11 is 1.36. The molecule has 0 bridgehead atoms. The van der Waals surface area contributed by atoms with Crippen molar-refractivity contribution < 1.29 is 23.9 Å². The maximum atomic E-state index is 13.1. The van der Waals surface area contributed by atoms with E-state index in [1.54, 1.807) is 25.1 Å². The fourth-order valence-corrected chi connectivity index (χ4v) is 5.43. The zero-order chi connectivity index (χ0) is 23.0. The van der Waals surface area contributed by atoms with E-state index in [9.17, 15) is 14.4 Å². The van der Waals surface area contributed by atoms with Crippen LogP contribution in [0, 0.1) is 0 Å². The second-order valence-corrected chi connectivity index (χ2v) is 9.66. The van der Waals surface area contributed by atoms with E-state index in [0.29, 0.717) is 17.0 Å². The summed E-state index contributed by atoms with van der Waals surface area (Å²) in [5.41, 5.74) is 0.966. The number of fused-ring (bicyclic) bond motifs is 1. The van der Waals surface area contributed by atoms with Crippen LogP contribution in [0.4, 0.5) is 5.00 Å². The smallest absolute Gasteiger partial charge is 0.341 e. The third kappa shape index (κ3) is 4.50. The molecule has 0 radical (unpaired) electrons. The van der Waals surface area contributed by atoms with Gasteiger partial charge in [0.05, 0.1) is 30.4 Å². The predicted octanol–water partition coefficient (Wildman–Crippen LogP) is 4.12. The molecule has 0 saturated carbocycles. The van der Waals surface area contributed by atoms with Crippen LogP contribution in [0.1, 0.15) is 76.1 Å². The van der Waals surface area contributed by atoms with Crippen molar-refractivity contribution in [1.82, 2.24) is 5.32 Å². The van der Waals surface area contributed by atoms with Crippen LogP contribution in [-0.2, 0) is 21.4 Å². The summed E-state index contributed by atoms with van der Waals surface area (Å²) in [6.45, 7) is 10.2. The third-order valence-corrected chi connectivity index (χ3v) is 6.60. The van der Waals surface area contributed by atoms with Crippen LogP contribution in [-0.4, -0.2) is 37.1 Å². The second-order valence-electron chi connectivity index (χ2n) is 8.64. The molecule has 0 atom stereocenters. The Morgan fingerprint density at radius 3 is 2.35 bits per heavy atom. The van der Waals surface area contributed by atoms with Crippen LogP contribution in [0.2, 0.25) is 0 Å². The molecule has 0 spiro atoms. The minimum absolute atomic E-state index is 0.157. The molecule has 1 aromatic heterocycles. The van der Waals surface area contributed by atoms with E-state index in [4.69, 9.17) is 9.47 Å². The van der Waals surface area contributed by atoms with Gasteiger partial charge >= 0.3 is 11.9 Å². The molecule has 1 aromatic carbocycles. The fourth-order valence-electron chi connectivity index (χ4n) is 4.17. The largest absolute Gasteiger partial charge is 0.465 e. The van der Waals surface area contributed by atoms with Gasteiger partial charge in [-0.3, -0.25) is 4.79 Å². The van der Waals surface area contributed by atoms with E-state index in [-0.39, 0.29) is 23.3 Å². The van der Waals surface area contributed by atoms with Crippen LogP contribution < -0.4 is 10.6 Å². The molecule has 0 saturated heterocycles. The SMILES string of the molecule is CCOC(=O)c1c(NC(=O)c2ccccc2C(=O)OC)sc2c1CC(C)(C)NC2(C)C. The lowest BCUT2D eigenvalue weighted by Crippen LogP contribution is -2.55. The zero-order valence-electron chi connectivity index (χ0n) is 18.7. The highest BCUT2D eigenvalue weighted by Crippen LogP contribution is 2.45. The minimum atomic E-state index is -0.603. The topological polar surface area (TPSA) is 93.7 Å². The second kappa shape index (κ2) is 8.43. The number of nitrogens with one attached hydrogen (secondary N) is 2. The van der Waals surface area contributed by atoms with Gasteiger partial charge in [0.15, 0.2) is 0 Å². The lowest BCUT2D eigenvalue weighted by atomic mass is 9.81. The Kier molecular flexibility index (Phi) is 6.25. The van der Waals surface area contributed by atoms with Gasteiger partial charge in [-0.05, 0) is 58.7 Å². The highest BCUT2D eigenvalue weighted by molar-refractivity contribution is 7.17. The molecule has 3 rings (SSSR count). The van der Waals surface area contributed by atoms with Gasteiger partial charge in [-0.1, -0.05) is 12.1 Å². The Morgan fingerprint density at radius 1 is 1.10 bits per heavy atom. The Bertz CT molecular complexity index is 1040. The summed E-state index contributed by atoms with van der Waals surface area (Å²) < 4.78 is 10.1. The summed E-state index contributed by atoms with van der Waals surface area (Å²) in [5.74, 6) is -1.56. The van der Waals surface area contributed by atoms with Gasteiger partial charge in [-0.2, -0.15) is 0 Å². The zero-order valence-corrected chi connectivity index (χ0v) is 19.5. The highest BCUT2D eigenvalue weighted by atomic mass is 32.1. The number of methoxy groups -OCH3 is 1. The summed E-state index contributed by atoms with van der Waals surface area (Å²) in [6.07, 6.45) is 0.616. The Balaban J connectivity index is 2.09. The summed E-state index contributed by atoms with van der Waals surface area (Å²) in [6, 6.07) is 6.41. The number of anilines is 1. The molecule has 7 nitrogen and oxygen atoms in total. The van der Waals surface area contributed by atoms with Crippen LogP contribution in [0.5, 0.6) is 0 Å². The third-order valence-electron chi connectivity index (χ3n) is 5.13. The molecule has 0 fully saturated rings. The van der Waals surface area contributed by atoms with Gasteiger partial charge in [0.2, 0.25) is 0 Å². The summed E-state index contributed by atoms with van der Waals surface area (Å²) in [5, 5.41) is 6.87. The molecule has 1 aliphatic heterocycles.